The summed E-state index contributed by atoms with van der Waals surface area (Å²) in [5.74, 6) is 0.0979. The maximum atomic E-state index is 13.3. The fourth-order valence-electron chi connectivity index (χ4n) is 3.34. The minimum Gasteiger partial charge on any atom is -0.364 e. The van der Waals surface area contributed by atoms with Gasteiger partial charge in [0.2, 0.25) is 0 Å². The molecule has 0 spiro atoms. The summed E-state index contributed by atoms with van der Waals surface area (Å²) in [5, 5.41) is 7.48. The Morgan fingerprint density at radius 2 is 1.82 bits per heavy atom. The van der Waals surface area contributed by atoms with E-state index in [9.17, 15) is 13.2 Å². The van der Waals surface area contributed by atoms with Crippen LogP contribution in [0.1, 0.15) is 43.1 Å². The van der Waals surface area contributed by atoms with Crippen molar-refractivity contribution in [3.05, 3.63) is 54.2 Å². The van der Waals surface area contributed by atoms with Crippen molar-refractivity contribution < 1.29 is 13.2 Å². The van der Waals surface area contributed by atoms with Gasteiger partial charge in [0.05, 0.1) is 18.3 Å². The van der Waals surface area contributed by atoms with Gasteiger partial charge in [-0.3, -0.25) is 9.67 Å². The first-order valence-electron chi connectivity index (χ1n) is 9.13. The van der Waals surface area contributed by atoms with Crippen molar-refractivity contribution in [3.63, 3.8) is 0 Å². The van der Waals surface area contributed by atoms with Crippen LogP contribution in [0.15, 0.2) is 42.9 Å². The Hall–Kier alpha value is -2.97. The van der Waals surface area contributed by atoms with Crippen molar-refractivity contribution in [2.45, 2.75) is 44.4 Å². The smallest absolute Gasteiger partial charge is 0.364 e. The van der Waals surface area contributed by atoms with E-state index in [1.54, 1.807) is 12.1 Å². The van der Waals surface area contributed by atoms with Crippen molar-refractivity contribution in [2.75, 3.05) is 5.32 Å². The molecule has 0 bridgehead atoms. The van der Waals surface area contributed by atoms with E-state index in [0.29, 0.717) is 11.6 Å². The van der Waals surface area contributed by atoms with E-state index in [1.807, 2.05) is 16.9 Å². The van der Waals surface area contributed by atoms with Crippen LogP contribution in [0.5, 0.6) is 0 Å². The van der Waals surface area contributed by atoms with Crippen molar-refractivity contribution in [2.24, 2.45) is 0 Å². The number of hydrogen-bond donors (Lipinski definition) is 1. The molecule has 0 amide bonds. The number of halogens is 3. The lowest BCUT2D eigenvalue weighted by Gasteiger charge is -2.12. The van der Waals surface area contributed by atoms with E-state index < -0.39 is 11.9 Å². The fraction of sp³-hybridized carbons (Fsp3) is 0.368. The first-order chi connectivity index (χ1) is 13.5. The van der Waals surface area contributed by atoms with E-state index in [0.717, 1.165) is 24.6 Å². The van der Waals surface area contributed by atoms with Crippen LogP contribution in [0.4, 0.5) is 19.0 Å². The summed E-state index contributed by atoms with van der Waals surface area (Å²) in [5.41, 5.74) is 0.229. The van der Waals surface area contributed by atoms with Crippen molar-refractivity contribution in [3.8, 4) is 11.4 Å². The molecule has 0 saturated heterocycles. The summed E-state index contributed by atoms with van der Waals surface area (Å²) in [6.07, 6.45) is 4.98. The molecule has 0 radical (unpaired) electrons. The molecule has 9 heteroatoms. The number of hydrogen-bond acceptors (Lipinski definition) is 5. The molecule has 4 rings (SSSR count). The van der Waals surface area contributed by atoms with Gasteiger partial charge in [0.25, 0.3) is 0 Å². The van der Waals surface area contributed by atoms with Crippen LogP contribution in [0, 0.1) is 0 Å². The lowest BCUT2D eigenvalue weighted by Crippen LogP contribution is -2.12. The van der Waals surface area contributed by atoms with E-state index in [4.69, 9.17) is 0 Å². The molecule has 1 saturated carbocycles. The third kappa shape index (κ3) is 4.13. The molecule has 0 aliphatic heterocycles. The Labute approximate surface area is 159 Å². The molecule has 1 fully saturated rings. The molecule has 3 aromatic rings. The second-order valence-corrected chi connectivity index (χ2v) is 6.77. The third-order valence-electron chi connectivity index (χ3n) is 4.77. The zero-order chi connectivity index (χ0) is 19.6. The monoisotopic (exact) mass is 388 g/mol. The predicted molar refractivity (Wildman–Crippen MR) is 97.3 cm³/mol. The molecule has 6 nitrogen and oxygen atoms in total. The topological polar surface area (TPSA) is 68.5 Å². The van der Waals surface area contributed by atoms with E-state index >= 15 is 0 Å². The highest BCUT2D eigenvalue weighted by molar-refractivity contribution is 5.57. The standard InChI is InChI=1S/C19H19F3N6/c20-19(21,22)16-11-17(26-18(25-16)13-5-8-23-9-6-13)24-12-14-7-10-28(27-14)15-3-1-2-4-15/h5-11,15H,1-4,12H2,(H,24,25,26). The number of nitrogens with one attached hydrogen (secondary N) is 1. The van der Waals surface area contributed by atoms with Gasteiger partial charge in [-0.25, -0.2) is 9.97 Å². The Balaban J connectivity index is 1.55. The Morgan fingerprint density at radius 3 is 2.54 bits per heavy atom. The number of alkyl halides is 3. The molecule has 1 N–H and O–H groups in total. The van der Waals surface area contributed by atoms with Crippen LogP contribution >= 0.6 is 0 Å². The molecule has 1 aliphatic carbocycles. The first kappa shape index (κ1) is 18.4. The van der Waals surface area contributed by atoms with Gasteiger partial charge in [0.1, 0.15) is 5.82 Å². The quantitative estimate of drug-likeness (QED) is 0.698. The summed E-state index contributed by atoms with van der Waals surface area (Å²) in [4.78, 5) is 11.8. The van der Waals surface area contributed by atoms with Gasteiger partial charge in [-0.15, -0.1) is 0 Å². The van der Waals surface area contributed by atoms with E-state index in [1.165, 1.54) is 25.2 Å². The van der Waals surface area contributed by atoms with Gasteiger partial charge in [-0.2, -0.15) is 18.3 Å². The summed E-state index contributed by atoms with van der Waals surface area (Å²) in [7, 11) is 0. The lowest BCUT2D eigenvalue weighted by molar-refractivity contribution is -0.141. The van der Waals surface area contributed by atoms with E-state index in [-0.39, 0.29) is 18.2 Å². The maximum absolute atomic E-state index is 13.3. The largest absolute Gasteiger partial charge is 0.433 e. The lowest BCUT2D eigenvalue weighted by atomic mass is 10.2. The molecular weight excluding hydrogens is 369 g/mol. The predicted octanol–water partition coefficient (Wildman–Crippen LogP) is 4.48. The molecule has 1 aliphatic rings. The van der Waals surface area contributed by atoms with Gasteiger partial charge < -0.3 is 5.32 Å². The first-order valence-corrected chi connectivity index (χ1v) is 9.13. The molecule has 28 heavy (non-hydrogen) atoms. The normalized spacial score (nSPS) is 15.1. The zero-order valence-electron chi connectivity index (χ0n) is 15.0. The van der Waals surface area contributed by atoms with Gasteiger partial charge in [0.15, 0.2) is 11.5 Å². The van der Waals surface area contributed by atoms with Crippen molar-refractivity contribution in [1.29, 1.82) is 0 Å². The number of aromatic nitrogens is 5. The maximum Gasteiger partial charge on any atom is 0.433 e. The summed E-state index contributed by atoms with van der Waals surface area (Å²) >= 11 is 0. The van der Waals surface area contributed by atoms with Crippen molar-refractivity contribution >= 4 is 5.82 Å². The Morgan fingerprint density at radius 1 is 1.07 bits per heavy atom. The second kappa shape index (κ2) is 7.57. The minimum absolute atomic E-state index is 0.00351. The molecular formula is C19H19F3N6. The Bertz CT molecular complexity index is 932. The highest BCUT2D eigenvalue weighted by Gasteiger charge is 2.33. The zero-order valence-corrected chi connectivity index (χ0v) is 15.0. The molecule has 146 valence electrons. The number of anilines is 1. The van der Waals surface area contributed by atoms with Crippen LogP contribution in [0.25, 0.3) is 11.4 Å². The SMILES string of the molecule is FC(F)(F)c1cc(NCc2ccn(C3CCCC3)n2)nc(-c2ccncc2)n1. The molecule has 0 atom stereocenters. The van der Waals surface area contributed by atoms with Crippen LogP contribution in [-0.2, 0) is 12.7 Å². The van der Waals surface area contributed by atoms with Gasteiger partial charge in [0, 0.05) is 30.2 Å². The molecule has 0 aromatic carbocycles. The highest BCUT2D eigenvalue weighted by atomic mass is 19.4. The second-order valence-electron chi connectivity index (χ2n) is 6.77. The summed E-state index contributed by atoms with van der Waals surface area (Å²) < 4.78 is 41.7. The summed E-state index contributed by atoms with van der Waals surface area (Å²) in [6, 6.07) is 6.35. The molecule has 3 aromatic heterocycles. The van der Waals surface area contributed by atoms with Gasteiger partial charge in [-0.05, 0) is 31.0 Å². The average Bonchev–Trinajstić information content (AvgIpc) is 3.38. The summed E-state index contributed by atoms with van der Waals surface area (Å²) in [6.45, 7) is 0.282. The van der Waals surface area contributed by atoms with Crippen LogP contribution < -0.4 is 5.32 Å². The molecule has 0 unspecified atom stereocenters. The minimum atomic E-state index is -4.56. The third-order valence-corrected chi connectivity index (χ3v) is 4.77. The number of nitrogens with zero attached hydrogens (tertiary/aromatic N) is 5. The van der Waals surface area contributed by atoms with Gasteiger partial charge >= 0.3 is 6.18 Å². The van der Waals surface area contributed by atoms with Crippen LogP contribution in [0.2, 0.25) is 0 Å². The van der Waals surface area contributed by atoms with Crippen LogP contribution in [-0.4, -0.2) is 24.7 Å². The van der Waals surface area contributed by atoms with Gasteiger partial charge in [-0.1, -0.05) is 12.8 Å². The highest BCUT2D eigenvalue weighted by Crippen LogP contribution is 2.31. The number of rotatable bonds is 5. The molecule has 3 heterocycles. The van der Waals surface area contributed by atoms with Crippen molar-refractivity contribution in [1.82, 2.24) is 24.7 Å². The Kier molecular flexibility index (Phi) is 4.97. The fourth-order valence-corrected chi connectivity index (χ4v) is 3.34. The van der Waals surface area contributed by atoms with Crippen LogP contribution in [0.3, 0.4) is 0 Å². The average molecular weight is 388 g/mol. The van der Waals surface area contributed by atoms with E-state index in [2.05, 4.69) is 25.4 Å². The number of pyridine rings is 1.